The van der Waals surface area contributed by atoms with Crippen LogP contribution in [0.3, 0.4) is 0 Å². The Morgan fingerprint density at radius 2 is 2.08 bits per heavy atom. The fourth-order valence-electron chi connectivity index (χ4n) is 2.95. The van der Waals surface area contributed by atoms with Crippen LogP contribution < -0.4 is 5.32 Å². The first-order chi connectivity index (χ1) is 12.3. The van der Waals surface area contributed by atoms with E-state index in [2.05, 4.69) is 20.3 Å². The molecule has 3 rings (SSSR count). The summed E-state index contributed by atoms with van der Waals surface area (Å²) in [5, 5.41) is 4.01. The fourth-order valence-corrected chi connectivity index (χ4v) is 4.82. The summed E-state index contributed by atoms with van der Waals surface area (Å²) in [4.78, 5) is 14.6. The van der Waals surface area contributed by atoms with Gasteiger partial charge in [-0.3, -0.25) is 0 Å². The average Bonchev–Trinajstić information content (AvgIpc) is 2.99. The van der Waals surface area contributed by atoms with Crippen molar-refractivity contribution in [1.29, 1.82) is 0 Å². The largest absolute Gasteiger partial charge is 0.316 e. The van der Waals surface area contributed by atoms with Gasteiger partial charge in [0.25, 0.3) is 10.2 Å². The molecule has 10 heteroatoms. The molecule has 1 unspecified atom stereocenters. The summed E-state index contributed by atoms with van der Waals surface area (Å²) in [5.74, 6) is 1.35. The number of nitrogens with zero attached hydrogens (tertiary/aromatic N) is 5. The van der Waals surface area contributed by atoms with Crippen LogP contribution in [-0.2, 0) is 10.2 Å². The molecule has 1 aliphatic heterocycles. The van der Waals surface area contributed by atoms with E-state index in [-0.39, 0.29) is 5.92 Å². The Kier molecular flexibility index (Phi) is 5.56. The maximum absolute atomic E-state index is 12.4. The van der Waals surface area contributed by atoms with E-state index in [0.717, 1.165) is 28.5 Å². The molecule has 2 aromatic heterocycles. The predicted octanol–water partition coefficient (Wildman–Crippen LogP) is 2.28. The van der Waals surface area contributed by atoms with E-state index in [1.807, 2.05) is 26.1 Å². The van der Waals surface area contributed by atoms with Crippen molar-refractivity contribution >= 4 is 32.5 Å². The highest BCUT2D eigenvalue weighted by molar-refractivity contribution is 7.86. The molecule has 1 aliphatic rings. The summed E-state index contributed by atoms with van der Waals surface area (Å²) in [6.07, 6.45) is 3.48. The molecule has 26 heavy (non-hydrogen) atoms. The van der Waals surface area contributed by atoms with Crippen molar-refractivity contribution < 1.29 is 8.42 Å². The van der Waals surface area contributed by atoms with Gasteiger partial charge in [-0.1, -0.05) is 0 Å². The molecule has 3 heterocycles. The van der Waals surface area contributed by atoms with Gasteiger partial charge in [0, 0.05) is 55.9 Å². The van der Waals surface area contributed by atoms with Crippen LogP contribution in [0.2, 0.25) is 0 Å². The Balaban J connectivity index is 1.82. The quantitative estimate of drug-likeness (QED) is 0.834. The number of piperidine rings is 1. The van der Waals surface area contributed by atoms with Gasteiger partial charge < -0.3 is 5.32 Å². The molecule has 142 valence electrons. The first kappa shape index (κ1) is 19.2. The fraction of sp³-hybridized carbons (Fsp3) is 0.562. The lowest BCUT2D eigenvalue weighted by Crippen LogP contribution is -2.45. The zero-order chi connectivity index (χ0) is 18.9. The number of thiazole rings is 1. The molecule has 0 aliphatic carbocycles. The number of rotatable bonds is 5. The molecule has 0 radical (unpaired) electrons. The Hall–Kier alpha value is -1.62. The van der Waals surface area contributed by atoms with Gasteiger partial charge in [0.05, 0.1) is 0 Å². The van der Waals surface area contributed by atoms with Gasteiger partial charge in [0.2, 0.25) is 0 Å². The van der Waals surface area contributed by atoms with Crippen molar-refractivity contribution in [3.05, 3.63) is 28.7 Å². The van der Waals surface area contributed by atoms with Crippen molar-refractivity contribution in [2.45, 2.75) is 32.6 Å². The highest BCUT2D eigenvalue weighted by Crippen LogP contribution is 2.28. The standard InChI is InChI=1S/C16H24N6O2S2/c1-11-8-14(20-16-17-9-12(2)25-16)19-15(18-11)13-6-5-7-22(10-13)26(23,24)21(3)4/h8-9,13H,5-7,10H2,1-4H3,(H,17,18,19,20). The maximum atomic E-state index is 12.4. The Morgan fingerprint density at radius 3 is 2.73 bits per heavy atom. The van der Waals surface area contributed by atoms with E-state index in [0.29, 0.717) is 24.7 Å². The third-order valence-electron chi connectivity index (χ3n) is 4.26. The summed E-state index contributed by atoms with van der Waals surface area (Å²) < 4.78 is 27.6. The molecule has 1 N–H and O–H groups in total. The maximum Gasteiger partial charge on any atom is 0.281 e. The van der Waals surface area contributed by atoms with E-state index in [9.17, 15) is 8.42 Å². The van der Waals surface area contributed by atoms with Crippen molar-refractivity contribution in [2.24, 2.45) is 0 Å². The van der Waals surface area contributed by atoms with Crippen molar-refractivity contribution in [3.8, 4) is 0 Å². The molecule has 0 saturated carbocycles. The molecular formula is C16H24N6O2S2. The predicted molar refractivity (Wildman–Crippen MR) is 103 cm³/mol. The third kappa shape index (κ3) is 4.20. The van der Waals surface area contributed by atoms with Gasteiger partial charge in [-0.05, 0) is 26.7 Å². The number of aromatic nitrogens is 3. The van der Waals surface area contributed by atoms with Crippen molar-refractivity contribution in [2.75, 3.05) is 32.5 Å². The van der Waals surface area contributed by atoms with Gasteiger partial charge in [0.1, 0.15) is 11.6 Å². The minimum Gasteiger partial charge on any atom is -0.316 e. The molecule has 0 spiro atoms. The Labute approximate surface area is 158 Å². The minimum absolute atomic E-state index is 0.0167. The van der Waals surface area contributed by atoms with Crippen LogP contribution in [0.5, 0.6) is 0 Å². The van der Waals surface area contributed by atoms with E-state index < -0.39 is 10.2 Å². The zero-order valence-electron chi connectivity index (χ0n) is 15.4. The van der Waals surface area contributed by atoms with Crippen LogP contribution in [0.25, 0.3) is 0 Å². The number of nitrogens with one attached hydrogen (secondary N) is 1. The highest BCUT2D eigenvalue weighted by Gasteiger charge is 2.32. The molecule has 0 amide bonds. The van der Waals surface area contributed by atoms with Crippen LogP contribution in [0.1, 0.15) is 35.2 Å². The number of aryl methyl sites for hydroxylation is 2. The van der Waals surface area contributed by atoms with E-state index in [1.165, 1.54) is 8.61 Å². The van der Waals surface area contributed by atoms with Gasteiger partial charge >= 0.3 is 0 Å². The summed E-state index contributed by atoms with van der Waals surface area (Å²) in [7, 11) is -0.308. The summed E-state index contributed by atoms with van der Waals surface area (Å²) in [5.41, 5.74) is 0.846. The van der Waals surface area contributed by atoms with Crippen LogP contribution in [-0.4, -0.2) is 59.2 Å². The molecule has 8 nitrogen and oxygen atoms in total. The zero-order valence-corrected chi connectivity index (χ0v) is 17.1. The van der Waals surface area contributed by atoms with Crippen LogP contribution in [0.4, 0.5) is 10.9 Å². The summed E-state index contributed by atoms with van der Waals surface area (Å²) in [6, 6.07) is 1.87. The SMILES string of the molecule is Cc1cc(Nc2ncc(C)s2)nc(C2CCCN(S(=O)(=O)N(C)C)C2)n1. The van der Waals surface area contributed by atoms with Crippen molar-refractivity contribution in [1.82, 2.24) is 23.6 Å². The first-order valence-electron chi connectivity index (χ1n) is 8.48. The Morgan fingerprint density at radius 1 is 1.31 bits per heavy atom. The molecular weight excluding hydrogens is 372 g/mol. The van der Waals surface area contributed by atoms with E-state index in [1.54, 1.807) is 25.4 Å². The molecule has 0 aromatic carbocycles. The lowest BCUT2D eigenvalue weighted by atomic mass is 9.99. The molecule has 1 fully saturated rings. The topological polar surface area (TPSA) is 91.3 Å². The van der Waals surface area contributed by atoms with Crippen LogP contribution >= 0.6 is 11.3 Å². The number of anilines is 2. The molecule has 1 atom stereocenters. The minimum atomic E-state index is -3.42. The number of hydrogen-bond acceptors (Lipinski definition) is 7. The summed E-state index contributed by atoms with van der Waals surface area (Å²) in [6.45, 7) is 4.86. The van der Waals surface area contributed by atoms with Crippen molar-refractivity contribution in [3.63, 3.8) is 0 Å². The van der Waals surface area contributed by atoms with E-state index >= 15 is 0 Å². The monoisotopic (exact) mass is 396 g/mol. The highest BCUT2D eigenvalue weighted by atomic mass is 32.2. The second-order valence-electron chi connectivity index (χ2n) is 6.64. The van der Waals surface area contributed by atoms with Crippen LogP contribution in [0.15, 0.2) is 12.3 Å². The second kappa shape index (κ2) is 7.55. The molecule has 0 bridgehead atoms. The van der Waals surface area contributed by atoms with Gasteiger partial charge in [-0.15, -0.1) is 11.3 Å². The number of hydrogen-bond donors (Lipinski definition) is 1. The van der Waals surface area contributed by atoms with Gasteiger partial charge in [0.15, 0.2) is 5.13 Å². The lowest BCUT2D eigenvalue weighted by molar-refractivity contribution is 0.293. The Bertz CT molecular complexity index is 881. The summed E-state index contributed by atoms with van der Waals surface area (Å²) >= 11 is 1.56. The second-order valence-corrected chi connectivity index (χ2v) is 10.0. The third-order valence-corrected chi connectivity index (χ3v) is 7.00. The van der Waals surface area contributed by atoms with Crippen LogP contribution in [0, 0.1) is 13.8 Å². The molecule has 1 saturated heterocycles. The van der Waals surface area contributed by atoms with Gasteiger partial charge in [-0.25, -0.2) is 15.0 Å². The normalized spacial score (nSPS) is 19.0. The van der Waals surface area contributed by atoms with E-state index in [4.69, 9.17) is 0 Å². The average molecular weight is 397 g/mol. The first-order valence-corrected chi connectivity index (χ1v) is 10.7. The molecule has 2 aromatic rings. The van der Waals surface area contributed by atoms with Gasteiger partial charge in [-0.2, -0.15) is 17.0 Å². The lowest BCUT2D eigenvalue weighted by Gasteiger charge is -2.32. The smallest absolute Gasteiger partial charge is 0.281 e.